The molecule has 0 spiro atoms. The Kier molecular flexibility index (Phi) is 4.47. The molecule has 0 unspecified atom stereocenters. The van der Waals surface area contributed by atoms with Crippen molar-refractivity contribution in [2.75, 3.05) is 26.2 Å². The van der Waals surface area contributed by atoms with Crippen molar-refractivity contribution in [1.82, 2.24) is 10.2 Å². The van der Waals surface area contributed by atoms with Crippen LogP contribution in [-0.2, 0) is 0 Å². The fourth-order valence-electron chi connectivity index (χ4n) is 2.11. The second-order valence-electron chi connectivity index (χ2n) is 4.30. The minimum Gasteiger partial charge on any atom is -0.506 e. The molecule has 1 saturated heterocycles. The van der Waals surface area contributed by atoms with Gasteiger partial charge in [0.15, 0.2) is 0 Å². The first-order valence-electron chi connectivity index (χ1n) is 5.72. The summed E-state index contributed by atoms with van der Waals surface area (Å²) in [4.78, 5) is 2.45. The predicted molar refractivity (Wildman–Crippen MR) is 76.4 cm³/mol. The van der Waals surface area contributed by atoms with Crippen molar-refractivity contribution >= 4 is 31.9 Å². The Morgan fingerprint density at radius 1 is 1.24 bits per heavy atom. The molecule has 1 aliphatic heterocycles. The zero-order valence-electron chi connectivity index (χ0n) is 9.71. The van der Waals surface area contributed by atoms with E-state index < -0.39 is 0 Å². The van der Waals surface area contributed by atoms with E-state index in [1.54, 1.807) is 0 Å². The predicted octanol–water partition coefficient (Wildman–Crippen LogP) is 2.88. The lowest BCUT2D eigenvalue weighted by Crippen LogP contribution is -2.44. The van der Waals surface area contributed by atoms with Crippen LogP contribution >= 0.6 is 31.9 Å². The van der Waals surface area contributed by atoms with Crippen molar-refractivity contribution in [3.8, 4) is 5.75 Å². The summed E-state index contributed by atoms with van der Waals surface area (Å²) in [6.45, 7) is 6.43. The van der Waals surface area contributed by atoms with Crippen molar-refractivity contribution in [3.63, 3.8) is 0 Å². The van der Waals surface area contributed by atoms with E-state index in [0.717, 1.165) is 35.1 Å². The molecule has 5 heteroatoms. The number of hydrogen-bond acceptors (Lipinski definition) is 3. The number of phenols is 1. The number of piperazine rings is 1. The lowest BCUT2D eigenvalue weighted by atomic mass is 10.1. The summed E-state index contributed by atoms with van der Waals surface area (Å²) in [5, 5.41) is 13.1. The molecular weight excluding hydrogens is 348 g/mol. The zero-order valence-corrected chi connectivity index (χ0v) is 12.9. The van der Waals surface area contributed by atoms with Crippen molar-refractivity contribution in [2.24, 2.45) is 0 Å². The molecule has 1 fully saturated rings. The lowest BCUT2D eigenvalue weighted by Gasteiger charge is -2.33. The number of phenolic OH excluding ortho intramolecular Hbond substituents is 1. The number of aromatic hydroxyl groups is 1. The normalized spacial score (nSPS) is 19.2. The van der Waals surface area contributed by atoms with Crippen LogP contribution in [0.15, 0.2) is 21.1 Å². The molecule has 1 atom stereocenters. The van der Waals surface area contributed by atoms with Gasteiger partial charge in [-0.2, -0.15) is 0 Å². The molecule has 0 aliphatic carbocycles. The molecule has 0 bridgehead atoms. The number of rotatable bonds is 2. The van der Waals surface area contributed by atoms with E-state index in [4.69, 9.17) is 0 Å². The molecule has 1 aromatic rings. The highest BCUT2D eigenvalue weighted by molar-refractivity contribution is 9.11. The Balaban J connectivity index is 2.21. The van der Waals surface area contributed by atoms with Crippen molar-refractivity contribution < 1.29 is 5.11 Å². The summed E-state index contributed by atoms with van der Waals surface area (Å²) < 4.78 is 1.48. The molecule has 0 amide bonds. The first kappa shape index (κ1) is 13.3. The van der Waals surface area contributed by atoms with Crippen LogP contribution in [-0.4, -0.2) is 36.2 Å². The van der Waals surface area contributed by atoms with Gasteiger partial charge < -0.3 is 10.4 Å². The average molecular weight is 364 g/mol. The van der Waals surface area contributed by atoms with E-state index >= 15 is 0 Å². The number of nitrogens with one attached hydrogen (secondary N) is 1. The van der Waals surface area contributed by atoms with E-state index in [2.05, 4.69) is 49.0 Å². The minimum atomic E-state index is 0.265. The van der Waals surface area contributed by atoms with Gasteiger partial charge in [-0.05, 0) is 56.5 Å². The smallest absolute Gasteiger partial charge is 0.143 e. The molecule has 1 aliphatic rings. The first-order chi connectivity index (χ1) is 8.09. The molecule has 2 N–H and O–H groups in total. The maximum atomic E-state index is 9.71. The Labute approximate surface area is 118 Å². The molecule has 2 rings (SSSR count). The fraction of sp³-hybridized carbons (Fsp3) is 0.500. The SMILES string of the molecule is C[C@@H](c1cc(Br)c(O)c(Br)c1)N1CCNCC1. The Morgan fingerprint density at radius 2 is 1.76 bits per heavy atom. The summed E-state index contributed by atoms with van der Waals surface area (Å²) in [6, 6.07) is 4.35. The first-order valence-corrected chi connectivity index (χ1v) is 7.31. The van der Waals surface area contributed by atoms with Gasteiger partial charge in [-0.3, -0.25) is 4.90 Å². The van der Waals surface area contributed by atoms with Gasteiger partial charge in [0.2, 0.25) is 0 Å². The number of nitrogens with zero attached hydrogens (tertiary/aromatic N) is 1. The van der Waals surface area contributed by atoms with Crippen LogP contribution in [0.3, 0.4) is 0 Å². The average Bonchev–Trinajstić information content (AvgIpc) is 2.35. The van der Waals surface area contributed by atoms with Crippen LogP contribution in [0, 0.1) is 0 Å². The molecular formula is C12H16Br2N2O. The highest BCUT2D eigenvalue weighted by Crippen LogP contribution is 2.36. The van der Waals surface area contributed by atoms with Crippen LogP contribution in [0.25, 0.3) is 0 Å². The number of benzene rings is 1. The third kappa shape index (κ3) is 3.02. The van der Waals surface area contributed by atoms with Gasteiger partial charge in [-0.1, -0.05) is 0 Å². The Hall–Kier alpha value is -0.100. The molecule has 0 radical (unpaired) electrons. The second-order valence-corrected chi connectivity index (χ2v) is 6.00. The van der Waals surface area contributed by atoms with Gasteiger partial charge in [0.1, 0.15) is 5.75 Å². The van der Waals surface area contributed by atoms with Crippen LogP contribution in [0.2, 0.25) is 0 Å². The van der Waals surface area contributed by atoms with Crippen LogP contribution < -0.4 is 5.32 Å². The van der Waals surface area contributed by atoms with Crippen LogP contribution in [0.5, 0.6) is 5.75 Å². The van der Waals surface area contributed by atoms with Crippen LogP contribution in [0.4, 0.5) is 0 Å². The van der Waals surface area contributed by atoms with Crippen molar-refractivity contribution in [3.05, 3.63) is 26.6 Å². The highest BCUT2D eigenvalue weighted by Gasteiger charge is 2.19. The van der Waals surface area contributed by atoms with Gasteiger partial charge in [-0.15, -0.1) is 0 Å². The highest BCUT2D eigenvalue weighted by atomic mass is 79.9. The summed E-state index contributed by atoms with van der Waals surface area (Å²) in [7, 11) is 0. The van der Waals surface area contributed by atoms with Gasteiger partial charge in [0, 0.05) is 32.2 Å². The lowest BCUT2D eigenvalue weighted by molar-refractivity contribution is 0.185. The summed E-state index contributed by atoms with van der Waals surface area (Å²) in [5.74, 6) is 0.265. The molecule has 3 nitrogen and oxygen atoms in total. The topological polar surface area (TPSA) is 35.5 Å². The van der Waals surface area contributed by atoms with Crippen LogP contribution in [0.1, 0.15) is 18.5 Å². The Bertz CT molecular complexity index is 382. The van der Waals surface area contributed by atoms with Gasteiger partial charge in [0.25, 0.3) is 0 Å². The quantitative estimate of drug-likeness (QED) is 0.848. The number of hydrogen-bond donors (Lipinski definition) is 2. The third-order valence-corrected chi connectivity index (χ3v) is 4.43. The van der Waals surface area contributed by atoms with E-state index in [1.807, 2.05) is 12.1 Å². The van der Waals surface area contributed by atoms with E-state index in [-0.39, 0.29) is 5.75 Å². The minimum absolute atomic E-state index is 0.265. The van der Waals surface area contributed by atoms with E-state index in [1.165, 1.54) is 5.56 Å². The molecule has 0 aromatic heterocycles. The maximum Gasteiger partial charge on any atom is 0.143 e. The largest absolute Gasteiger partial charge is 0.506 e. The summed E-state index contributed by atoms with van der Waals surface area (Å²) in [5.41, 5.74) is 1.21. The summed E-state index contributed by atoms with van der Waals surface area (Å²) >= 11 is 6.76. The molecule has 0 saturated carbocycles. The third-order valence-electron chi connectivity index (χ3n) is 3.22. The second kappa shape index (κ2) is 5.69. The van der Waals surface area contributed by atoms with Gasteiger partial charge in [0.05, 0.1) is 8.95 Å². The monoisotopic (exact) mass is 362 g/mol. The van der Waals surface area contributed by atoms with E-state index in [0.29, 0.717) is 6.04 Å². The Morgan fingerprint density at radius 3 is 2.29 bits per heavy atom. The fourth-order valence-corrected chi connectivity index (χ4v) is 3.33. The molecule has 1 aromatic carbocycles. The summed E-state index contributed by atoms with van der Waals surface area (Å²) in [6.07, 6.45) is 0. The van der Waals surface area contributed by atoms with Crippen molar-refractivity contribution in [1.29, 1.82) is 0 Å². The number of halogens is 2. The van der Waals surface area contributed by atoms with Gasteiger partial charge >= 0.3 is 0 Å². The van der Waals surface area contributed by atoms with E-state index in [9.17, 15) is 5.11 Å². The van der Waals surface area contributed by atoms with Gasteiger partial charge in [-0.25, -0.2) is 0 Å². The zero-order chi connectivity index (χ0) is 12.4. The molecule has 17 heavy (non-hydrogen) atoms. The molecule has 94 valence electrons. The van der Waals surface area contributed by atoms with Crippen molar-refractivity contribution in [2.45, 2.75) is 13.0 Å². The molecule has 1 heterocycles. The maximum absolute atomic E-state index is 9.71. The standard InChI is InChI=1S/C12H16Br2N2O/c1-8(16-4-2-15-3-5-16)9-6-10(13)12(17)11(14)7-9/h6-8,15,17H,2-5H2,1H3/t8-/m0/s1.